The highest BCUT2D eigenvalue weighted by Gasteiger charge is 2.19. The van der Waals surface area contributed by atoms with Crippen molar-refractivity contribution in [2.75, 3.05) is 7.11 Å². The van der Waals surface area contributed by atoms with Gasteiger partial charge in [-0.15, -0.1) is 0 Å². The van der Waals surface area contributed by atoms with E-state index in [0.717, 1.165) is 16.6 Å². The highest BCUT2D eigenvalue weighted by molar-refractivity contribution is 6.07. The molecule has 0 atom stereocenters. The van der Waals surface area contributed by atoms with Crippen molar-refractivity contribution < 1.29 is 9.53 Å². The first-order valence-corrected chi connectivity index (χ1v) is 4.99. The molecule has 0 amide bonds. The molecule has 0 N–H and O–H groups in total. The minimum Gasteiger partial charge on any atom is -0.465 e. The molecule has 0 saturated heterocycles. The Kier molecular flexibility index (Phi) is 2.52. The van der Waals surface area contributed by atoms with Crippen molar-refractivity contribution in [2.24, 2.45) is 7.05 Å². The summed E-state index contributed by atoms with van der Waals surface area (Å²) in [5.74, 6) is -0.327. The highest BCUT2D eigenvalue weighted by atomic mass is 16.5. The molecule has 2 aromatic rings. The molecular formula is C13H13NO2. The number of carbonyl (C=O) groups excluding carboxylic acids is 1. The van der Waals surface area contributed by atoms with Crippen LogP contribution < -0.4 is 0 Å². The van der Waals surface area contributed by atoms with Gasteiger partial charge < -0.3 is 9.30 Å². The van der Waals surface area contributed by atoms with Crippen molar-refractivity contribution in [3.05, 3.63) is 42.1 Å². The van der Waals surface area contributed by atoms with Gasteiger partial charge in [-0.2, -0.15) is 0 Å². The van der Waals surface area contributed by atoms with Gasteiger partial charge in [-0.1, -0.05) is 24.8 Å². The van der Waals surface area contributed by atoms with Gasteiger partial charge in [-0.3, -0.25) is 0 Å². The number of esters is 1. The van der Waals surface area contributed by atoms with Gasteiger partial charge in [0, 0.05) is 18.0 Å². The van der Waals surface area contributed by atoms with E-state index in [1.165, 1.54) is 7.11 Å². The summed E-state index contributed by atoms with van der Waals surface area (Å²) in [5.41, 5.74) is 2.36. The number of nitrogens with zero attached hydrogens (tertiary/aromatic N) is 1. The molecule has 2 rings (SSSR count). The smallest absolute Gasteiger partial charge is 0.340 e. The molecule has 0 aliphatic heterocycles. The van der Waals surface area contributed by atoms with Gasteiger partial charge in [0.1, 0.15) is 0 Å². The van der Waals surface area contributed by atoms with Gasteiger partial charge in [0.25, 0.3) is 0 Å². The number of para-hydroxylation sites is 1. The molecule has 0 radical (unpaired) electrons. The van der Waals surface area contributed by atoms with Crippen LogP contribution in [0, 0.1) is 0 Å². The predicted molar refractivity (Wildman–Crippen MR) is 64.3 cm³/mol. The van der Waals surface area contributed by atoms with Gasteiger partial charge in [-0.05, 0) is 12.1 Å². The maximum absolute atomic E-state index is 11.7. The van der Waals surface area contributed by atoms with E-state index in [-0.39, 0.29) is 5.97 Å². The molecular weight excluding hydrogens is 202 g/mol. The summed E-state index contributed by atoms with van der Waals surface area (Å²) < 4.78 is 6.74. The first-order chi connectivity index (χ1) is 7.70. The van der Waals surface area contributed by atoms with Crippen molar-refractivity contribution in [1.82, 2.24) is 4.57 Å². The van der Waals surface area contributed by atoms with Gasteiger partial charge in [0.15, 0.2) is 0 Å². The topological polar surface area (TPSA) is 31.2 Å². The molecule has 1 aromatic heterocycles. The third kappa shape index (κ3) is 1.33. The summed E-state index contributed by atoms with van der Waals surface area (Å²) >= 11 is 0. The Morgan fingerprint density at radius 2 is 2.12 bits per heavy atom. The number of aryl methyl sites for hydroxylation is 1. The fraction of sp³-hybridized carbons (Fsp3) is 0.154. The van der Waals surface area contributed by atoms with E-state index in [4.69, 9.17) is 4.74 Å². The van der Waals surface area contributed by atoms with Crippen LogP contribution in [0.4, 0.5) is 0 Å². The fourth-order valence-corrected chi connectivity index (χ4v) is 1.97. The van der Waals surface area contributed by atoms with Gasteiger partial charge in [0.2, 0.25) is 0 Å². The Bertz CT molecular complexity index is 567. The Morgan fingerprint density at radius 1 is 1.44 bits per heavy atom. The quantitative estimate of drug-likeness (QED) is 0.721. The van der Waals surface area contributed by atoms with Crippen molar-refractivity contribution in [1.29, 1.82) is 0 Å². The number of hydrogen-bond acceptors (Lipinski definition) is 2. The summed E-state index contributed by atoms with van der Waals surface area (Å²) in [6.45, 7) is 3.74. The molecule has 3 nitrogen and oxygen atoms in total. The molecule has 0 aliphatic rings. The zero-order chi connectivity index (χ0) is 11.7. The summed E-state index contributed by atoms with van der Waals surface area (Å²) in [7, 11) is 3.29. The second-order valence-electron chi connectivity index (χ2n) is 3.53. The van der Waals surface area contributed by atoms with Crippen LogP contribution in [0.5, 0.6) is 0 Å². The SMILES string of the molecule is C=Cc1c(C(=O)OC)c2ccccc2n1C. The second-order valence-corrected chi connectivity index (χ2v) is 3.53. The zero-order valence-electron chi connectivity index (χ0n) is 9.36. The first kappa shape index (κ1) is 10.5. The second kappa shape index (κ2) is 3.85. The lowest BCUT2D eigenvalue weighted by molar-refractivity contribution is 0.0602. The zero-order valence-corrected chi connectivity index (χ0v) is 9.36. The van der Waals surface area contributed by atoms with Crippen LogP contribution in [0.2, 0.25) is 0 Å². The molecule has 0 unspecified atom stereocenters. The van der Waals surface area contributed by atoms with Crippen molar-refractivity contribution in [3.8, 4) is 0 Å². The molecule has 3 heteroatoms. The summed E-state index contributed by atoms with van der Waals surface area (Å²) in [6.07, 6.45) is 1.67. The van der Waals surface area contributed by atoms with E-state index < -0.39 is 0 Å². The lowest BCUT2D eigenvalue weighted by Gasteiger charge is -2.00. The molecule has 0 aliphatic carbocycles. The van der Waals surface area contributed by atoms with Crippen molar-refractivity contribution >= 4 is 22.9 Å². The molecule has 0 saturated carbocycles. The van der Waals surface area contributed by atoms with Gasteiger partial charge >= 0.3 is 5.97 Å². The van der Waals surface area contributed by atoms with Crippen LogP contribution in [0.3, 0.4) is 0 Å². The highest BCUT2D eigenvalue weighted by Crippen LogP contribution is 2.26. The maximum Gasteiger partial charge on any atom is 0.340 e. The van der Waals surface area contributed by atoms with Crippen LogP contribution in [-0.2, 0) is 11.8 Å². The van der Waals surface area contributed by atoms with Crippen LogP contribution in [-0.4, -0.2) is 17.6 Å². The fourth-order valence-electron chi connectivity index (χ4n) is 1.97. The van der Waals surface area contributed by atoms with Crippen molar-refractivity contribution in [2.45, 2.75) is 0 Å². The average molecular weight is 215 g/mol. The Morgan fingerprint density at radius 3 is 2.75 bits per heavy atom. The number of rotatable bonds is 2. The van der Waals surface area contributed by atoms with Crippen LogP contribution in [0.15, 0.2) is 30.8 Å². The van der Waals surface area contributed by atoms with Crippen LogP contribution in [0.1, 0.15) is 16.1 Å². The van der Waals surface area contributed by atoms with E-state index in [1.807, 2.05) is 35.9 Å². The number of benzene rings is 1. The molecule has 16 heavy (non-hydrogen) atoms. The minimum absolute atomic E-state index is 0.327. The summed E-state index contributed by atoms with van der Waals surface area (Å²) in [4.78, 5) is 11.7. The van der Waals surface area contributed by atoms with E-state index in [1.54, 1.807) is 6.08 Å². The number of hydrogen-bond donors (Lipinski definition) is 0. The molecule has 0 bridgehead atoms. The number of carbonyl (C=O) groups is 1. The number of methoxy groups -OCH3 is 1. The van der Waals surface area contributed by atoms with Crippen LogP contribution in [0.25, 0.3) is 17.0 Å². The number of fused-ring (bicyclic) bond motifs is 1. The third-order valence-electron chi connectivity index (χ3n) is 2.74. The third-order valence-corrected chi connectivity index (χ3v) is 2.74. The minimum atomic E-state index is -0.327. The Balaban J connectivity index is 2.88. The van der Waals surface area contributed by atoms with E-state index in [9.17, 15) is 4.79 Å². The number of aromatic nitrogens is 1. The van der Waals surface area contributed by atoms with Crippen LogP contribution >= 0.6 is 0 Å². The molecule has 0 fully saturated rings. The molecule has 1 heterocycles. The molecule has 82 valence electrons. The average Bonchev–Trinajstić information content (AvgIpc) is 2.62. The Labute approximate surface area is 93.9 Å². The first-order valence-electron chi connectivity index (χ1n) is 4.99. The monoisotopic (exact) mass is 215 g/mol. The maximum atomic E-state index is 11.7. The molecule has 1 aromatic carbocycles. The van der Waals surface area contributed by atoms with E-state index >= 15 is 0 Å². The largest absolute Gasteiger partial charge is 0.465 e. The van der Waals surface area contributed by atoms with E-state index in [2.05, 4.69) is 6.58 Å². The predicted octanol–water partition coefficient (Wildman–Crippen LogP) is 2.61. The normalized spacial score (nSPS) is 10.4. The molecule has 0 spiro atoms. The lowest BCUT2D eigenvalue weighted by atomic mass is 10.1. The summed E-state index contributed by atoms with van der Waals surface area (Å²) in [6, 6.07) is 7.72. The Hall–Kier alpha value is -2.03. The standard InChI is InChI=1S/C13H13NO2/c1-4-10-12(13(15)16-3)9-7-5-6-8-11(9)14(10)2/h4-8H,1H2,2-3H3. The summed E-state index contributed by atoms with van der Waals surface area (Å²) in [5, 5.41) is 0.895. The van der Waals surface area contributed by atoms with E-state index in [0.29, 0.717) is 5.56 Å². The lowest BCUT2D eigenvalue weighted by Crippen LogP contribution is -2.03. The van der Waals surface area contributed by atoms with Gasteiger partial charge in [0.05, 0.1) is 18.4 Å². The number of ether oxygens (including phenoxy) is 1. The van der Waals surface area contributed by atoms with Crippen molar-refractivity contribution in [3.63, 3.8) is 0 Å². The van der Waals surface area contributed by atoms with Gasteiger partial charge in [-0.25, -0.2) is 4.79 Å².